The minimum atomic E-state index is -0.466. The number of ether oxygens (including phenoxy) is 2. The van der Waals surface area contributed by atoms with Gasteiger partial charge in [-0.2, -0.15) is 0 Å². The molecular weight excluding hydrogens is 354 g/mol. The SMILES string of the molecule is COCCC[C@@]1(CO)CN(Cc2ccc(Oc3ccccc3)cc2)CC[C@H]1O. The number of likely N-dealkylation sites (tertiary alicyclic amines) is 1. The summed E-state index contributed by atoms with van der Waals surface area (Å²) in [5.41, 5.74) is 0.730. The fourth-order valence-corrected chi connectivity index (χ4v) is 3.97. The Morgan fingerprint density at radius 1 is 1.07 bits per heavy atom. The van der Waals surface area contributed by atoms with Gasteiger partial charge in [0.05, 0.1) is 12.7 Å². The van der Waals surface area contributed by atoms with Crippen LogP contribution in [-0.4, -0.2) is 54.6 Å². The lowest BCUT2D eigenvalue weighted by Gasteiger charge is -2.45. The molecule has 1 fully saturated rings. The maximum Gasteiger partial charge on any atom is 0.127 e. The highest BCUT2D eigenvalue weighted by molar-refractivity contribution is 5.33. The van der Waals surface area contributed by atoms with Crippen molar-refractivity contribution in [3.05, 3.63) is 60.2 Å². The Bertz CT molecular complexity index is 706. The van der Waals surface area contributed by atoms with Crippen molar-refractivity contribution in [2.24, 2.45) is 5.41 Å². The van der Waals surface area contributed by atoms with Crippen LogP contribution >= 0.6 is 0 Å². The highest BCUT2D eigenvalue weighted by atomic mass is 16.5. The van der Waals surface area contributed by atoms with E-state index in [1.54, 1.807) is 7.11 Å². The third-order valence-corrected chi connectivity index (χ3v) is 5.61. The van der Waals surface area contributed by atoms with Crippen LogP contribution in [0.2, 0.25) is 0 Å². The average Bonchev–Trinajstić information content (AvgIpc) is 2.73. The van der Waals surface area contributed by atoms with Crippen LogP contribution in [0.5, 0.6) is 11.5 Å². The van der Waals surface area contributed by atoms with Gasteiger partial charge >= 0.3 is 0 Å². The van der Waals surface area contributed by atoms with Gasteiger partial charge in [-0.25, -0.2) is 0 Å². The van der Waals surface area contributed by atoms with Crippen LogP contribution in [0.25, 0.3) is 0 Å². The molecule has 2 atom stereocenters. The van der Waals surface area contributed by atoms with Gasteiger partial charge in [-0.15, -0.1) is 0 Å². The molecular formula is C23H31NO4. The number of nitrogens with zero attached hydrogens (tertiary/aromatic N) is 1. The van der Waals surface area contributed by atoms with Crippen molar-refractivity contribution >= 4 is 0 Å². The molecule has 0 aromatic heterocycles. The molecule has 0 aliphatic carbocycles. The van der Waals surface area contributed by atoms with E-state index in [0.717, 1.165) is 37.4 Å². The smallest absolute Gasteiger partial charge is 0.127 e. The second kappa shape index (κ2) is 10.0. The Kier molecular flexibility index (Phi) is 7.45. The van der Waals surface area contributed by atoms with E-state index in [-0.39, 0.29) is 6.61 Å². The fraction of sp³-hybridized carbons (Fsp3) is 0.478. The molecule has 152 valence electrons. The summed E-state index contributed by atoms with van der Waals surface area (Å²) < 4.78 is 11.0. The van der Waals surface area contributed by atoms with E-state index in [4.69, 9.17) is 9.47 Å². The van der Waals surface area contributed by atoms with E-state index in [1.807, 2.05) is 42.5 Å². The van der Waals surface area contributed by atoms with E-state index in [1.165, 1.54) is 5.56 Å². The number of hydrogen-bond acceptors (Lipinski definition) is 5. The summed E-state index contributed by atoms with van der Waals surface area (Å²) in [5, 5.41) is 20.6. The average molecular weight is 386 g/mol. The lowest BCUT2D eigenvalue weighted by Crippen LogP contribution is -2.53. The van der Waals surface area contributed by atoms with Crippen molar-refractivity contribution < 1.29 is 19.7 Å². The highest BCUT2D eigenvalue weighted by Crippen LogP contribution is 2.35. The Morgan fingerprint density at radius 2 is 1.79 bits per heavy atom. The monoisotopic (exact) mass is 385 g/mol. The number of aliphatic hydroxyl groups excluding tert-OH is 2. The number of para-hydroxylation sites is 1. The molecule has 1 aliphatic heterocycles. The molecule has 5 nitrogen and oxygen atoms in total. The van der Waals surface area contributed by atoms with Gasteiger partial charge in [0, 0.05) is 38.8 Å². The standard InChI is InChI=1S/C23H31NO4/c1-27-15-5-13-23(18-25)17-24(14-12-22(23)26)16-19-8-10-21(11-9-19)28-20-6-3-2-4-7-20/h2-4,6-11,22,25-26H,5,12-18H2,1H3/t22-,23+/m1/s1. The highest BCUT2D eigenvalue weighted by Gasteiger charge is 2.41. The number of hydrogen-bond donors (Lipinski definition) is 2. The zero-order valence-electron chi connectivity index (χ0n) is 16.6. The predicted molar refractivity (Wildman–Crippen MR) is 109 cm³/mol. The second-order valence-corrected chi connectivity index (χ2v) is 7.69. The van der Waals surface area contributed by atoms with Crippen LogP contribution in [0, 0.1) is 5.41 Å². The van der Waals surface area contributed by atoms with Crippen molar-refractivity contribution in [3.63, 3.8) is 0 Å². The van der Waals surface area contributed by atoms with Crippen LogP contribution in [-0.2, 0) is 11.3 Å². The topological polar surface area (TPSA) is 62.2 Å². The first-order valence-electron chi connectivity index (χ1n) is 9.97. The molecule has 2 aromatic carbocycles. The van der Waals surface area contributed by atoms with Crippen molar-refractivity contribution in [1.29, 1.82) is 0 Å². The summed E-state index contributed by atoms with van der Waals surface area (Å²) in [6.07, 6.45) is 1.82. The van der Waals surface area contributed by atoms with E-state index >= 15 is 0 Å². The second-order valence-electron chi connectivity index (χ2n) is 7.69. The normalized spacial score (nSPS) is 22.9. The molecule has 28 heavy (non-hydrogen) atoms. The van der Waals surface area contributed by atoms with Gasteiger partial charge < -0.3 is 19.7 Å². The summed E-state index contributed by atoms with van der Waals surface area (Å²) in [4.78, 5) is 2.32. The van der Waals surface area contributed by atoms with Gasteiger partial charge in [0.1, 0.15) is 11.5 Å². The molecule has 0 unspecified atom stereocenters. The van der Waals surface area contributed by atoms with Crippen LogP contribution in [0.1, 0.15) is 24.8 Å². The lowest BCUT2D eigenvalue weighted by atomic mass is 9.74. The Balaban J connectivity index is 1.59. The van der Waals surface area contributed by atoms with Crippen LogP contribution in [0.15, 0.2) is 54.6 Å². The number of methoxy groups -OCH3 is 1. The predicted octanol–water partition coefficient (Wildman–Crippen LogP) is 3.45. The van der Waals surface area contributed by atoms with Crippen molar-refractivity contribution in [2.75, 3.05) is 33.4 Å². The first-order chi connectivity index (χ1) is 13.6. The van der Waals surface area contributed by atoms with Crippen LogP contribution in [0.3, 0.4) is 0 Å². The van der Waals surface area contributed by atoms with E-state index in [0.29, 0.717) is 19.6 Å². The van der Waals surface area contributed by atoms with Crippen LogP contribution in [0.4, 0.5) is 0 Å². The first-order valence-corrected chi connectivity index (χ1v) is 9.97. The van der Waals surface area contributed by atoms with E-state index in [9.17, 15) is 10.2 Å². The van der Waals surface area contributed by atoms with E-state index in [2.05, 4.69) is 17.0 Å². The Labute approximate surface area is 167 Å². The molecule has 2 N–H and O–H groups in total. The summed E-state index contributed by atoms with van der Waals surface area (Å²) in [6.45, 7) is 2.96. The van der Waals surface area contributed by atoms with Crippen LogP contribution < -0.4 is 4.74 Å². The molecule has 0 spiro atoms. The largest absolute Gasteiger partial charge is 0.457 e. The molecule has 0 radical (unpaired) electrons. The van der Waals surface area contributed by atoms with Crippen molar-refractivity contribution in [3.8, 4) is 11.5 Å². The molecule has 0 bridgehead atoms. The summed E-state index contributed by atoms with van der Waals surface area (Å²) in [6, 6.07) is 17.9. The maximum absolute atomic E-state index is 10.5. The van der Waals surface area contributed by atoms with Gasteiger partial charge in [0.15, 0.2) is 0 Å². The molecule has 3 rings (SSSR count). The zero-order valence-corrected chi connectivity index (χ0v) is 16.6. The van der Waals surface area contributed by atoms with Gasteiger partial charge in [-0.05, 0) is 49.1 Å². The minimum absolute atomic E-state index is 0.00175. The summed E-state index contributed by atoms with van der Waals surface area (Å²) in [5.74, 6) is 1.64. The zero-order chi connectivity index (χ0) is 19.8. The molecule has 1 heterocycles. The van der Waals surface area contributed by atoms with Gasteiger partial charge in [-0.3, -0.25) is 4.90 Å². The molecule has 1 aliphatic rings. The third kappa shape index (κ3) is 5.32. The maximum atomic E-state index is 10.5. The number of aliphatic hydroxyl groups is 2. The van der Waals surface area contributed by atoms with E-state index < -0.39 is 11.5 Å². The fourth-order valence-electron chi connectivity index (χ4n) is 3.97. The lowest BCUT2D eigenvalue weighted by molar-refractivity contribution is -0.0843. The van der Waals surface area contributed by atoms with Gasteiger partial charge in [0.2, 0.25) is 0 Å². The summed E-state index contributed by atoms with van der Waals surface area (Å²) >= 11 is 0. The Hall–Kier alpha value is -1.92. The molecule has 5 heteroatoms. The molecule has 0 amide bonds. The van der Waals surface area contributed by atoms with Crippen molar-refractivity contribution in [1.82, 2.24) is 4.90 Å². The quantitative estimate of drug-likeness (QED) is 0.648. The molecule has 0 saturated carbocycles. The van der Waals surface area contributed by atoms with Crippen molar-refractivity contribution in [2.45, 2.75) is 31.9 Å². The number of benzene rings is 2. The van der Waals surface area contributed by atoms with Gasteiger partial charge in [-0.1, -0.05) is 30.3 Å². The number of rotatable bonds is 9. The molecule has 2 aromatic rings. The first kappa shape index (κ1) is 20.8. The Morgan fingerprint density at radius 3 is 2.46 bits per heavy atom. The third-order valence-electron chi connectivity index (χ3n) is 5.61. The number of piperidine rings is 1. The summed E-state index contributed by atoms with van der Waals surface area (Å²) in [7, 11) is 1.68. The minimum Gasteiger partial charge on any atom is -0.457 e. The molecule has 1 saturated heterocycles. The van der Waals surface area contributed by atoms with Gasteiger partial charge in [0.25, 0.3) is 0 Å².